The van der Waals surface area contributed by atoms with Gasteiger partial charge in [-0.05, 0) is 205 Å². The first-order valence-electron chi connectivity index (χ1n) is 47.3. The Balaban J connectivity index is 0.000000214. The standard InChI is InChI=1S/3C34H46F3N3O5S/c3*1-32(2,3)28-23-39(20-21-40(28)29(41)22-24-16-18-38(19-17-24)31(42)45-33(4,5)6)30(25-10-8-7-9-11-25)26-12-14-27(15-13-26)46(43,44)34(35,36)37/h3*7-15,24,28,30H,16-23H2,1-6H3/t3*28-,30?/m111/s1. The lowest BCUT2D eigenvalue weighted by Crippen LogP contribution is -2.60. The van der Waals surface area contributed by atoms with Crippen LogP contribution in [0.4, 0.5) is 53.9 Å². The summed E-state index contributed by atoms with van der Waals surface area (Å²) in [7, 11) is -16.4. The van der Waals surface area contributed by atoms with Gasteiger partial charge in [0.1, 0.15) is 16.8 Å². The fourth-order valence-electron chi connectivity index (χ4n) is 18.9. The van der Waals surface area contributed by atoms with Crippen LogP contribution < -0.4 is 0 Å². The third-order valence-electron chi connectivity index (χ3n) is 26.3. The molecule has 3 unspecified atom stereocenters. The summed E-state index contributed by atoms with van der Waals surface area (Å²) in [5, 5.41) is 0. The predicted molar refractivity (Wildman–Crippen MR) is 509 cm³/mol. The molecule has 0 spiro atoms. The van der Waals surface area contributed by atoms with Crippen LogP contribution in [0.15, 0.2) is 178 Å². The van der Waals surface area contributed by atoms with E-state index in [1.165, 1.54) is 36.4 Å². The van der Waals surface area contributed by atoms with Crippen LogP contribution in [0, 0.1) is 34.0 Å². The molecule has 6 aromatic rings. The highest BCUT2D eigenvalue weighted by molar-refractivity contribution is 7.92. The number of amides is 6. The Hall–Kier alpha value is -9.36. The van der Waals surface area contributed by atoms with Crippen LogP contribution >= 0.6 is 0 Å². The summed E-state index contributed by atoms with van der Waals surface area (Å²) >= 11 is 0. The van der Waals surface area contributed by atoms with Crippen molar-refractivity contribution in [2.24, 2.45) is 34.0 Å². The Morgan fingerprint density at radius 2 is 0.471 bits per heavy atom. The number of likely N-dealkylation sites (tertiary alicyclic amines) is 3. The van der Waals surface area contributed by atoms with E-state index in [1.807, 2.05) is 168 Å². The normalized spacial score (nSPS) is 20.0. The second-order valence-electron chi connectivity index (χ2n) is 43.2. The Labute approximate surface area is 808 Å². The molecule has 6 saturated heterocycles. The molecule has 6 aliphatic rings. The van der Waals surface area contributed by atoms with Crippen LogP contribution in [0.2, 0.25) is 0 Å². The Morgan fingerprint density at radius 3 is 0.645 bits per heavy atom. The van der Waals surface area contributed by atoms with Crippen molar-refractivity contribution in [1.29, 1.82) is 0 Å². The van der Waals surface area contributed by atoms with E-state index in [0.29, 0.717) is 134 Å². The van der Waals surface area contributed by atoms with Gasteiger partial charge >= 0.3 is 34.8 Å². The number of alkyl halides is 9. The molecule has 0 saturated carbocycles. The third kappa shape index (κ3) is 28.8. The van der Waals surface area contributed by atoms with Crippen molar-refractivity contribution in [3.8, 4) is 0 Å². The van der Waals surface area contributed by atoms with Gasteiger partial charge in [0.15, 0.2) is 0 Å². The molecule has 6 fully saturated rings. The number of carbonyl (C=O) groups is 6. The van der Waals surface area contributed by atoms with Gasteiger partial charge in [0.2, 0.25) is 17.7 Å². The first-order valence-corrected chi connectivity index (χ1v) is 51.7. The van der Waals surface area contributed by atoms with Gasteiger partial charge in [-0.3, -0.25) is 29.1 Å². The van der Waals surface area contributed by atoms with E-state index >= 15 is 0 Å². The highest BCUT2D eigenvalue weighted by Crippen LogP contribution is 2.44. The van der Waals surface area contributed by atoms with E-state index in [-0.39, 0.29) is 106 Å². The summed E-state index contributed by atoms with van der Waals surface area (Å²) in [6.45, 7) is 43.2. The average molecular weight is 2000 g/mol. The lowest BCUT2D eigenvalue weighted by Gasteiger charge is -2.50. The van der Waals surface area contributed by atoms with Crippen molar-refractivity contribution in [2.45, 2.75) is 267 Å². The first kappa shape index (κ1) is 111. The molecule has 24 nitrogen and oxygen atoms in total. The quantitative estimate of drug-likeness (QED) is 0.0572. The van der Waals surface area contributed by atoms with Crippen LogP contribution in [-0.4, -0.2) is 255 Å². The van der Waals surface area contributed by atoms with E-state index in [1.54, 1.807) is 14.7 Å². The molecule has 6 aliphatic heterocycles. The second kappa shape index (κ2) is 44.0. The maximum Gasteiger partial charge on any atom is 0.501 e. The molecule has 6 atom stereocenters. The van der Waals surface area contributed by atoms with E-state index < -0.39 is 77.5 Å². The molecule has 0 radical (unpaired) electrons. The number of piperazine rings is 3. The van der Waals surface area contributed by atoms with Gasteiger partial charge < -0.3 is 43.6 Å². The molecule has 0 aromatic heterocycles. The van der Waals surface area contributed by atoms with E-state index in [0.717, 1.165) is 91.6 Å². The number of rotatable bonds is 18. The Morgan fingerprint density at radius 1 is 0.283 bits per heavy atom. The smallest absolute Gasteiger partial charge is 0.444 e. The minimum Gasteiger partial charge on any atom is -0.444 e. The van der Waals surface area contributed by atoms with Crippen molar-refractivity contribution >= 4 is 65.5 Å². The molecule has 36 heteroatoms. The van der Waals surface area contributed by atoms with Crippen LogP contribution in [0.1, 0.15) is 234 Å². The molecule has 6 amide bonds. The van der Waals surface area contributed by atoms with Crippen LogP contribution in [-0.2, 0) is 58.1 Å². The largest absolute Gasteiger partial charge is 0.501 e. The van der Waals surface area contributed by atoms with Gasteiger partial charge in [0, 0.05) is 136 Å². The van der Waals surface area contributed by atoms with E-state index in [9.17, 15) is 93.5 Å². The minimum absolute atomic E-state index is 0.0771. The Kier molecular flexibility index (Phi) is 35.3. The average Bonchev–Trinajstić information content (AvgIpc) is 0.775. The zero-order valence-corrected chi connectivity index (χ0v) is 85.0. The predicted octanol–water partition coefficient (Wildman–Crippen LogP) is 20.0. The Bertz CT molecular complexity index is 4920. The van der Waals surface area contributed by atoms with Gasteiger partial charge in [-0.2, -0.15) is 39.5 Å². The van der Waals surface area contributed by atoms with Gasteiger partial charge in [0.05, 0.1) is 32.8 Å². The summed E-state index contributed by atoms with van der Waals surface area (Å²) in [6, 6.07) is 41.9. The number of benzene rings is 6. The van der Waals surface area contributed by atoms with Crippen LogP contribution in [0.25, 0.3) is 0 Å². The number of sulfone groups is 3. The highest BCUT2D eigenvalue weighted by atomic mass is 32.2. The monoisotopic (exact) mass is 2000 g/mol. The lowest BCUT2D eigenvalue weighted by molar-refractivity contribution is -0.142. The molecule has 0 aliphatic carbocycles. The SMILES string of the molecule is CC(C)(C)OC(=O)N1CCC(CC(=O)N2CCN(C(c3ccccc3)c3ccc(S(=O)(=O)C(F)(F)F)cc3)C[C@@H]2C(C)(C)C)CC1.CC(C)(C)OC(=O)N1CCC(CC(=O)N2CCN(C(c3ccccc3)c3ccc(S(=O)(=O)C(F)(F)F)cc3)C[C@@H]2C(C)(C)C)CC1.CC(C)(C)OC(=O)N1CCC(CC(=O)N2CCN(C(c3ccccc3)c3ccc(S(=O)(=O)C(F)(F)F)cc3)C[C@@H]2C(C)(C)C)CC1. The fraction of sp³-hybridized carbons (Fsp3) is 0.588. The number of nitrogens with zero attached hydrogens (tertiary/aromatic N) is 9. The summed E-state index contributed by atoms with van der Waals surface area (Å²) in [5.41, 5.74) is -13.9. The van der Waals surface area contributed by atoms with E-state index in [4.69, 9.17) is 14.2 Å². The maximum atomic E-state index is 13.8. The number of ether oxygens (including phenoxy) is 3. The molecule has 6 aromatic carbocycles. The number of hydrogen-bond donors (Lipinski definition) is 0. The second-order valence-corrected chi connectivity index (χ2v) is 49.1. The fourth-order valence-corrected chi connectivity index (χ4v) is 21.2. The number of hydrogen-bond acceptors (Lipinski definition) is 18. The number of piperidine rings is 3. The van der Waals surface area contributed by atoms with E-state index in [2.05, 4.69) is 77.0 Å². The molecular formula is C102H138F9N9O15S3. The molecule has 6 heterocycles. The number of halogens is 9. The van der Waals surface area contributed by atoms with Gasteiger partial charge in [-0.1, -0.05) is 190 Å². The van der Waals surface area contributed by atoms with Crippen molar-refractivity contribution in [2.75, 3.05) is 98.2 Å². The van der Waals surface area contributed by atoms with Crippen molar-refractivity contribution < 1.29 is 108 Å². The zero-order valence-electron chi connectivity index (χ0n) is 82.5. The molecule has 138 heavy (non-hydrogen) atoms. The topological polar surface area (TPSA) is 262 Å². The third-order valence-corrected chi connectivity index (χ3v) is 30.8. The van der Waals surface area contributed by atoms with Crippen molar-refractivity contribution in [3.05, 3.63) is 197 Å². The summed E-state index contributed by atoms with van der Waals surface area (Å²) < 4.78 is 207. The van der Waals surface area contributed by atoms with Crippen molar-refractivity contribution in [3.63, 3.8) is 0 Å². The first-order chi connectivity index (χ1) is 63.8. The van der Waals surface area contributed by atoms with Gasteiger partial charge in [-0.15, -0.1) is 0 Å². The van der Waals surface area contributed by atoms with Crippen molar-refractivity contribution in [1.82, 2.24) is 44.1 Å². The van der Waals surface area contributed by atoms with Crippen LogP contribution in [0.5, 0.6) is 0 Å². The minimum atomic E-state index is -5.46. The van der Waals surface area contributed by atoms with Crippen LogP contribution in [0.3, 0.4) is 0 Å². The lowest BCUT2D eigenvalue weighted by atomic mass is 9.82. The summed E-state index contributed by atoms with van der Waals surface area (Å²) in [5.74, 6) is 0.713. The highest BCUT2D eigenvalue weighted by Gasteiger charge is 2.52. The summed E-state index contributed by atoms with van der Waals surface area (Å²) in [4.78, 5) is 94.2. The zero-order chi connectivity index (χ0) is 102. The maximum absolute atomic E-state index is 13.8. The van der Waals surface area contributed by atoms with Gasteiger partial charge in [-0.25, -0.2) is 39.6 Å². The number of carbonyl (C=O) groups excluding carboxylic acids is 6. The molecule has 0 N–H and O–H groups in total. The molecule has 762 valence electrons. The van der Waals surface area contributed by atoms with Gasteiger partial charge in [0.25, 0.3) is 29.5 Å². The molecular weight excluding hydrogens is 1860 g/mol. The molecule has 0 bridgehead atoms. The summed E-state index contributed by atoms with van der Waals surface area (Å²) in [6.07, 6.45) is 4.54. The molecule has 12 rings (SSSR count).